The van der Waals surface area contributed by atoms with Crippen molar-refractivity contribution in [2.45, 2.75) is 17.2 Å². The Morgan fingerprint density at radius 1 is 1.37 bits per heavy atom. The van der Waals surface area contributed by atoms with Crippen molar-refractivity contribution in [3.8, 4) is 0 Å². The summed E-state index contributed by atoms with van der Waals surface area (Å²) in [5.74, 6) is 0.500. The summed E-state index contributed by atoms with van der Waals surface area (Å²) in [4.78, 5) is 24.1. The van der Waals surface area contributed by atoms with E-state index < -0.39 is 0 Å². The number of carbonyl (C=O) groups excluding carboxylic acids is 2. The average Bonchev–Trinajstić information content (AvgIpc) is 2.97. The number of amides is 2. The van der Waals surface area contributed by atoms with Crippen LogP contribution < -0.4 is 5.32 Å². The Labute approximate surface area is 119 Å². The summed E-state index contributed by atoms with van der Waals surface area (Å²) in [6.45, 7) is 4.70. The predicted octanol–water partition coefficient (Wildman–Crippen LogP) is 1.38. The van der Waals surface area contributed by atoms with E-state index in [1.54, 1.807) is 6.08 Å². The molecule has 0 saturated carbocycles. The number of thioether (sulfide) groups is 1. The first-order valence-electron chi connectivity index (χ1n) is 5.85. The number of nitrogens with zero attached hydrogens (tertiary/aromatic N) is 3. The molecule has 1 fully saturated rings. The fourth-order valence-electron chi connectivity index (χ4n) is 1.60. The van der Waals surface area contributed by atoms with Crippen molar-refractivity contribution >= 4 is 40.0 Å². The van der Waals surface area contributed by atoms with Crippen molar-refractivity contribution in [1.29, 1.82) is 0 Å². The highest BCUT2D eigenvalue weighted by molar-refractivity contribution is 8.01. The molecule has 2 amide bonds. The van der Waals surface area contributed by atoms with E-state index in [-0.39, 0.29) is 11.8 Å². The number of imide groups is 1. The molecule has 102 valence electrons. The van der Waals surface area contributed by atoms with E-state index in [0.29, 0.717) is 31.7 Å². The Balaban J connectivity index is 1.76. The molecule has 6 nitrogen and oxygen atoms in total. The van der Waals surface area contributed by atoms with Crippen LogP contribution in [-0.4, -0.2) is 45.8 Å². The fraction of sp³-hybridized carbons (Fsp3) is 0.455. The molecule has 1 N–H and O–H groups in total. The van der Waals surface area contributed by atoms with Gasteiger partial charge in [-0.2, -0.15) is 0 Å². The minimum atomic E-state index is -0.0730. The molecule has 0 atom stereocenters. The van der Waals surface area contributed by atoms with Crippen LogP contribution in [-0.2, 0) is 9.59 Å². The highest BCUT2D eigenvalue weighted by Gasteiger charge is 2.28. The second kappa shape index (κ2) is 6.67. The molecule has 2 rings (SSSR count). The van der Waals surface area contributed by atoms with E-state index in [4.69, 9.17) is 0 Å². The molecule has 19 heavy (non-hydrogen) atoms. The fourth-order valence-corrected chi connectivity index (χ4v) is 3.35. The first-order chi connectivity index (χ1) is 9.20. The minimum Gasteiger partial charge on any atom is -0.357 e. The van der Waals surface area contributed by atoms with Gasteiger partial charge in [-0.25, -0.2) is 0 Å². The Bertz CT molecular complexity index is 473. The second-order valence-electron chi connectivity index (χ2n) is 3.83. The molecular formula is C11H14N4O2S2. The van der Waals surface area contributed by atoms with Crippen LogP contribution in [0.1, 0.15) is 12.8 Å². The normalized spacial score (nSPS) is 15.1. The highest BCUT2D eigenvalue weighted by Crippen LogP contribution is 2.25. The zero-order chi connectivity index (χ0) is 13.7. The number of likely N-dealkylation sites (tertiary alicyclic amines) is 1. The lowest BCUT2D eigenvalue weighted by Gasteiger charge is -2.11. The van der Waals surface area contributed by atoms with Crippen molar-refractivity contribution < 1.29 is 9.59 Å². The van der Waals surface area contributed by atoms with Gasteiger partial charge in [0.1, 0.15) is 0 Å². The molecule has 8 heteroatoms. The monoisotopic (exact) mass is 298 g/mol. The van der Waals surface area contributed by atoms with Crippen LogP contribution >= 0.6 is 23.1 Å². The third kappa shape index (κ3) is 3.77. The smallest absolute Gasteiger partial charge is 0.229 e. The molecule has 1 saturated heterocycles. The second-order valence-corrected chi connectivity index (χ2v) is 6.15. The van der Waals surface area contributed by atoms with Crippen molar-refractivity contribution in [3.63, 3.8) is 0 Å². The van der Waals surface area contributed by atoms with Gasteiger partial charge in [0.2, 0.25) is 16.9 Å². The molecule has 0 aliphatic carbocycles. The van der Waals surface area contributed by atoms with Crippen molar-refractivity contribution in [2.24, 2.45) is 0 Å². The first kappa shape index (κ1) is 14.0. The lowest BCUT2D eigenvalue weighted by molar-refractivity contribution is -0.137. The maximum atomic E-state index is 11.4. The van der Waals surface area contributed by atoms with Crippen LogP contribution in [0.5, 0.6) is 0 Å². The highest BCUT2D eigenvalue weighted by atomic mass is 32.2. The maximum Gasteiger partial charge on any atom is 0.229 e. The zero-order valence-electron chi connectivity index (χ0n) is 10.3. The summed E-state index contributed by atoms with van der Waals surface area (Å²) >= 11 is 2.95. The standard InChI is InChI=1S/C11H14N4O2S2/c1-2-5-12-10-13-14-11(19-10)18-7-6-15-8(16)3-4-9(15)17/h2H,1,3-7H2,(H,12,13). The summed E-state index contributed by atoms with van der Waals surface area (Å²) in [6.07, 6.45) is 2.44. The van der Waals surface area contributed by atoms with Crippen LogP contribution in [0.4, 0.5) is 5.13 Å². The van der Waals surface area contributed by atoms with Gasteiger partial charge in [0.25, 0.3) is 0 Å². The molecule has 0 aromatic carbocycles. The van der Waals surface area contributed by atoms with Gasteiger partial charge in [-0.05, 0) is 0 Å². The van der Waals surface area contributed by atoms with Gasteiger partial charge in [0.05, 0.1) is 0 Å². The number of hydrogen-bond donors (Lipinski definition) is 1. The van der Waals surface area contributed by atoms with Crippen LogP contribution in [0.3, 0.4) is 0 Å². The summed E-state index contributed by atoms with van der Waals surface area (Å²) in [5, 5.41) is 11.8. The molecule has 1 aliphatic rings. The van der Waals surface area contributed by atoms with Crippen LogP contribution in [0, 0.1) is 0 Å². The molecule has 1 aromatic heterocycles. The Hall–Kier alpha value is -1.41. The molecule has 1 aromatic rings. The van der Waals surface area contributed by atoms with Gasteiger partial charge in [0, 0.05) is 31.7 Å². The summed E-state index contributed by atoms with van der Waals surface area (Å²) < 4.78 is 0.825. The molecule has 2 heterocycles. The molecule has 0 radical (unpaired) electrons. The summed E-state index contributed by atoms with van der Waals surface area (Å²) in [7, 11) is 0. The van der Waals surface area contributed by atoms with E-state index in [2.05, 4.69) is 22.1 Å². The molecule has 0 unspecified atom stereocenters. The van der Waals surface area contributed by atoms with Gasteiger partial charge in [-0.1, -0.05) is 29.2 Å². The minimum absolute atomic E-state index is 0.0730. The number of hydrogen-bond acceptors (Lipinski definition) is 7. The van der Waals surface area contributed by atoms with E-state index in [1.807, 2.05) is 0 Å². The Morgan fingerprint density at radius 3 is 2.79 bits per heavy atom. The van der Waals surface area contributed by atoms with Gasteiger partial charge >= 0.3 is 0 Å². The molecule has 0 spiro atoms. The molecule has 0 bridgehead atoms. The van der Waals surface area contributed by atoms with Gasteiger partial charge < -0.3 is 5.32 Å². The summed E-state index contributed by atoms with van der Waals surface area (Å²) in [5.41, 5.74) is 0. The average molecular weight is 298 g/mol. The first-order valence-corrected chi connectivity index (χ1v) is 7.65. The zero-order valence-corrected chi connectivity index (χ0v) is 11.9. The topological polar surface area (TPSA) is 75.2 Å². The van der Waals surface area contributed by atoms with Crippen LogP contribution in [0.25, 0.3) is 0 Å². The lowest BCUT2D eigenvalue weighted by Crippen LogP contribution is -2.31. The third-order valence-corrected chi connectivity index (χ3v) is 4.49. The number of aromatic nitrogens is 2. The lowest BCUT2D eigenvalue weighted by atomic mass is 10.4. The van der Waals surface area contributed by atoms with Crippen molar-refractivity contribution in [2.75, 3.05) is 24.2 Å². The van der Waals surface area contributed by atoms with Crippen LogP contribution in [0.2, 0.25) is 0 Å². The van der Waals surface area contributed by atoms with Gasteiger partial charge in [-0.3, -0.25) is 14.5 Å². The number of anilines is 1. The number of carbonyl (C=O) groups is 2. The van der Waals surface area contributed by atoms with Crippen molar-refractivity contribution in [3.05, 3.63) is 12.7 Å². The number of rotatable bonds is 7. The molecular weight excluding hydrogens is 284 g/mol. The SMILES string of the molecule is C=CCNc1nnc(SCCN2C(=O)CCC2=O)s1. The summed E-state index contributed by atoms with van der Waals surface area (Å²) in [6, 6.07) is 0. The van der Waals surface area contributed by atoms with E-state index in [9.17, 15) is 9.59 Å². The van der Waals surface area contributed by atoms with Crippen LogP contribution in [0.15, 0.2) is 17.0 Å². The Morgan fingerprint density at radius 2 is 2.11 bits per heavy atom. The quantitative estimate of drug-likeness (QED) is 0.465. The molecule has 1 aliphatic heterocycles. The van der Waals surface area contributed by atoms with E-state index in [0.717, 1.165) is 9.47 Å². The largest absolute Gasteiger partial charge is 0.357 e. The van der Waals surface area contributed by atoms with Gasteiger partial charge in [-0.15, -0.1) is 16.8 Å². The maximum absolute atomic E-state index is 11.4. The predicted molar refractivity (Wildman–Crippen MR) is 75.3 cm³/mol. The third-order valence-electron chi connectivity index (χ3n) is 2.50. The van der Waals surface area contributed by atoms with E-state index >= 15 is 0 Å². The van der Waals surface area contributed by atoms with Gasteiger partial charge in [0.15, 0.2) is 4.34 Å². The van der Waals surface area contributed by atoms with E-state index in [1.165, 1.54) is 28.0 Å². The Kier molecular flexibility index (Phi) is 4.92. The number of nitrogens with one attached hydrogen (secondary N) is 1. The van der Waals surface area contributed by atoms with Crippen molar-refractivity contribution in [1.82, 2.24) is 15.1 Å².